The van der Waals surface area contributed by atoms with Crippen molar-refractivity contribution in [3.05, 3.63) is 53.5 Å². The second-order valence-corrected chi connectivity index (χ2v) is 5.09. The van der Waals surface area contributed by atoms with Crippen molar-refractivity contribution < 1.29 is 32.2 Å². The molecule has 0 spiro atoms. The van der Waals surface area contributed by atoms with Gasteiger partial charge in [-0.05, 0) is 37.3 Å². The molecule has 5 nitrogen and oxygen atoms in total. The number of aliphatic hydroxyl groups is 1. The van der Waals surface area contributed by atoms with Gasteiger partial charge in [0.1, 0.15) is 24.2 Å². The second-order valence-electron chi connectivity index (χ2n) is 5.09. The summed E-state index contributed by atoms with van der Waals surface area (Å²) in [7, 11) is 0. The van der Waals surface area contributed by atoms with Gasteiger partial charge in [0.05, 0.1) is 17.4 Å². The van der Waals surface area contributed by atoms with Gasteiger partial charge in [0.25, 0.3) is 5.91 Å². The zero-order valence-electron chi connectivity index (χ0n) is 12.8. The molecule has 1 atom stereocenters. The Balaban J connectivity index is 1.78. The van der Waals surface area contributed by atoms with E-state index in [9.17, 15) is 23.1 Å². The van der Waals surface area contributed by atoms with Crippen molar-refractivity contribution >= 4 is 5.91 Å². The molecule has 0 aliphatic rings. The van der Waals surface area contributed by atoms with Crippen LogP contribution in [0.25, 0.3) is 0 Å². The second kappa shape index (κ2) is 7.39. The summed E-state index contributed by atoms with van der Waals surface area (Å²) >= 11 is 0. The van der Waals surface area contributed by atoms with Gasteiger partial charge in [-0.25, -0.2) is 0 Å². The molecule has 0 bridgehead atoms. The van der Waals surface area contributed by atoms with Gasteiger partial charge in [-0.1, -0.05) is 0 Å². The van der Waals surface area contributed by atoms with E-state index < -0.39 is 23.8 Å². The maximum absolute atomic E-state index is 12.4. The number of amides is 1. The minimum absolute atomic E-state index is 0.0654. The predicted molar refractivity (Wildman–Crippen MR) is 78.7 cm³/mol. The molecule has 8 heteroatoms. The number of hydrogen-bond acceptors (Lipinski definition) is 4. The molecule has 1 aromatic carbocycles. The lowest BCUT2D eigenvalue weighted by Crippen LogP contribution is -2.35. The number of benzene rings is 1. The zero-order chi connectivity index (χ0) is 17.7. The number of halogens is 3. The Morgan fingerprint density at radius 1 is 1.29 bits per heavy atom. The minimum Gasteiger partial charge on any atom is -0.491 e. The van der Waals surface area contributed by atoms with Crippen LogP contribution in [0.3, 0.4) is 0 Å². The van der Waals surface area contributed by atoms with Crippen molar-refractivity contribution in [2.45, 2.75) is 19.2 Å². The molecule has 0 unspecified atom stereocenters. The van der Waals surface area contributed by atoms with Crippen LogP contribution in [0.15, 0.2) is 41.0 Å². The van der Waals surface area contributed by atoms with Gasteiger partial charge in [-0.15, -0.1) is 0 Å². The summed E-state index contributed by atoms with van der Waals surface area (Å²) in [5, 5.41) is 12.3. The summed E-state index contributed by atoms with van der Waals surface area (Å²) in [6.45, 7) is 1.40. The number of aryl methyl sites for hydroxylation is 1. The lowest BCUT2D eigenvalue weighted by molar-refractivity contribution is -0.137. The molecular formula is C16H16F3NO4. The third kappa shape index (κ3) is 4.76. The maximum Gasteiger partial charge on any atom is 0.416 e. The van der Waals surface area contributed by atoms with Crippen molar-refractivity contribution in [2.75, 3.05) is 13.2 Å². The van der Waals surface area contributed by atoms with E-state index in [0.717, 1.165) is 12.1 Å². The number of furan rings is 1. The molecule has 24 heavy (non-hydrogen) atoms. The van der Waals surface area contributed by atoms with E-state index in [1.54, 1.807) is 6.92 Å². The van der Waals surface area contributed by atoms with E-state index >= 15 is 0 Å². The number of ether oxygens (including phenoxy) is 1. The van der Waals surface area contributed by atoms with Gasteiger partial charge in [0, 0.05) is 6.54 Å². The number of rotatable bonds is 6. The average molecular weight is 343 g/mol. The monoisotopic (exact) mass is 343 g/mol. The van der Waals surface area contributed by atoms with Gasteiger partial charge in [0.2, 0.25) is 0 Å². The molecule has 2 N–H and O–H groups in total. The number of hydrogen-bond donors (Lipinski definition) is 2. The van der Waals surface area contributed by atoms with Crippen LogP contribution in [0.5, 0.6) is 5.75 Å². The van der Waals surface area contributed by atoms with E-state index in [-0.39, 0.29) is 18.9 Å². The normalized spacial score (nSPS) is 12.7. The van der Waals surface area contributed by atoms with Crippen molar-refractivity contribution in [3.8, 4) is 5.75 Å². The summed E-state index contributed by atoms with van der Waals surface area (Å²) in [6.07, 6.45) is -4.04. The fraction of sp³-hybridized carbons (Fsp3) is 0.312. The topological polar surface area (TPSA) is 71.7 Å². The molecule has 0 saturated heterocycles. The number of carbonyl (C=O) groups is 1. The Hall–Kier alpha value is -2.48. The van der Waals surface area contributed by atoms with Gasteiger partial charge < -0.3 is 19.6 Å². The van der Waals surface area contributed by atoms with Gasteiger partial charge >= 0.3 is 6.18 Å². The SMILES string of the molecule is Cc1occc1C(=O)NC[C@H](O)COc1ccc(C(F)(F)F)cc1. The third-order valence-corrected chi connectivity index (χ3v) is 3.23. The first-order valence-corrected chi connectivity index (χ1v) is 7.08. The van der Waals surface area contributed by atoms with Crippen molar-refractivity contribution in [1.82, 2.24) is 5.32 Å². The van der Waals surface area contributed by atoms with Crippen LogP contribution >= 0.6 is 0 Å². The molecule has 130 valence electrons. The Bertz CT molecular complexity index is 679. The molecule has 1 aromatic heterocycles. The lowest BCUT2D eigenvalue weighted by atomic mass is 10.2. The molecule has 0 aliphatic heterocycles. The van der Waals surface area contributed by atoms with Crippen LogP contribution in [-0.4, -0.2) is 30.3 Å². The van der Waals surface area contributed by atoms with Gasteiger partial charge in [-0.3, -0.25) is 4.79 Å². The number of aliphatic hydroxyl groups excluding tert-OH is 1. The standard InChI is InChI=1S/C16H16F3NO4/c1-10-14(6-7-23-10)15(22)20-8-12(21)9-24-13-4-2-11(3-5-13)16(17,18)19/h2-7,12,21H,8-9H2,1H3,(H,20,22)/t12-/m0/s1. The summed E-state index contributed by atoms with van der Waals surface area (Å²) in [4.78, 5) is 11.8. The van der Waals surface area contributed by atoms with Crippen LogP contribution in [0.4, 0.5) is 13.2 Å². The highest BCUT2D eigenvalue weighted by atomic mass is 19.4. The van der Waals surface area contributed by atoms with Crippen LogP contribution in [-0.2, 0) is 6.18 Å². The molecular weight excluding hydrogens is 327 g/mol. The van der Waals surface area contributed by atoms with Crippen LogP contribution < -0.4 is 10.1 Å². The fourth-order valence-electron chi connectivity index (χ4n) is 1.92. The molecule has 2 rings (SSSR count). The number of alkyl halides is 3. The Labute approximate surface area is 136 Å². The Morgan fingerprint density at radius 2 is 1.96 bits per heavy atom. The predicted octanol–water partition coefficient (Wildman–Crippen LogP) is 2.78. The first-order chi connectivity index (χ1) is 11.3. The van der Waals surface area contributed by atoms with E-state index in [1.165, 1.54) is 24.5 Å². The molecule has 2 aromatic rings. The molecule has 0 saturated carbocycles. The highest BCUT2D eigenvalue weighted by Gasteiger charge is 2.30. The summed E-state index contributed by atoms with van der Waals surface area (Å²) < 4.78 is 47.5. The summed E-state index contributed by atoms with van der Waals surface area (Å²) in [5.41, 5.74) is -0.413. The number of carbonyl (C=O) groups excluding carboxylic acids is 1. The Morgan fingerprint density at radius 3 is 2.50 bits per heavy atom. The highest BCUT2D eigenvalue weighted by molar-refractivity contribution is 5.95. The first-order valence-electron chi connectivity index (χ1n) is 7.08. The third-order valence-electron chi connectivity index (χ3n) is 3.23. The Kier molecular flexibility index (Phi) is 5.50. The zero-order valence-corrected chi connectivity index (χ0v) is 12.8. The minimum atomic E-state index is -4.41. The quantitative estimate of drug-likeness (QED) is 0.846. The maximum atomic E-state index is 12.4. The van der Waals surface area contributed by atoms with Crippen LogP contribution in [0.1, 0.15) is 21.7 Å². The highest BCUT2D eigenvalue weighted by Crippen LogP contribution is 2.30. The van der Waals surface area contributed by atoms with E-state index in [4.69, 9.17) is 9.15 Å². The van der Waals surface area contributed by atoms with E-state index in [0.29, 0.717) is 11.3 Å². The number of nitrogens with one attached hydrogen (secondary N) is 1. The van der Waals surface area contributed by atoms with Crippen LogP contribution in [0.2, 0.25) is 0 Å². The smallest absolute Gasteiger partial charge is 0.416 e. The van der Waals surface area contributed by atoms with Gasteiger partial charge in [-0.2, -0.15) is 13.2 Å². The molecule has 0 aliphatic carbocycles. The van der Waals surface area contributed by atoms with E-state index in [1.807, 2.05) is 0 Å². The van der Waals surface area contributed by atoms with Crippen molar-refractivity contribution in [3.63, 3.8) is 0 Å². The molecule has 1 amide bonds. The fourth-order valence-corrected chi connectivity index (χ4v) is 1.92. The summed E-state index contributed by atoms with van der Waals surface area (Å²) in [5.74, 6) is 0.261. The summed E-state index contributed by atoms with van der Waals surface area (Å²) in [6, 6.07) is 5.64. The molecule has 0 radical (unpaired) electrons. The largest absolute Gasteiger partial charge is 0.491 e. The molecule has 1 heterocycles. The van der Waals surface area contributed by atoms with E-state index in [2.05, 4.69) is 5.32 Å². The van der Waals surface area contributed by atoms with Gasteiger partial charge in [0.15, 0.2) is 0 Å². The van der Waals surface area contributed by atoms with Crippen LogP contribution in [0, 0.1) is 6.92 Å². The molecule has 0 fully saturated rings. The lowest BCUT2D eigenvalue weighted by Gasteiger charge is -2.14. The van der Waals surface area contributed by atoms with Crippen molar-refractivity contribution in [1.29, 1.82) is 0 Å². The first kappa shape index (κ1) is 17.9. The average Bonchev–Trinajstić information content (AvgIpc) is 2.96. The van der Waals surface area contributed by atoms with Crippen molar-refractivity contribution in [2.24, 2.45) is 0 Å².